The number of thiocarbonyl (C=S) groups is 2. The average molecular weight is 239 g/mol. The molecule has 0 aromatic carbocycles. The van der Waals surface area contributed by atoms with Crippen molar-refractivity contribution in [2.45, 2.75) is 19.9 Å². The third-order valence-corrected chi connectivity index (χ3v) is 2.58. The van der Waals surface area contributed by atoms with Crippen LogP contribution in [0.3, 0.4) is 0 Å². The van der Waals surface area contributed by atoms with Crippen LogP contribution >= 0.6 is 49.7 Å². The highest BCUT2D eigenvalue weighted by Crippen LogP contribution is 2.09. The Kier molecular flexibility index (Phi) is 6.76. The van der Waals surface area contributed by atoms with Gasteiger partial charge in [-0.25, -0.2) is 0 Å². The molecule has 0 aliphatic rings. The molecule has 0 saturated heterocycles. The van der Waals surface area contributed by atoms with E-state index in [0.717, 1.165) is 13.1 Å². The third kappa shape index (κ3) is 3.70. The summed E-state index contributed by atoms with van der Waals surface area (Å²) in [6.07, 6.45) is 0. The quantitative estimate of drug-likeness (QED) is 0.560. The summed E-state index contributed by atoms with van der Waals surface area (Å²) in [4.78, 5) is 2.13. The predicted molar refractivity (Wildman–Crippen MR) is 69.9 cm³/mol. The van der Waals surface area contributed by atoms with Crippen molar-refractivity contribution in [3.05, 3.63) is 0 Å². The van der Waals surface area contributed by atoms with E-state index >= 15 is 0 Å². The molecule has 5 heteroatoms. The number of hydrogen-bond donors (Lipinski definition) is 2. The Balaban J connectivity index is 4.47. The van der Waals surface area contributed by atoms with Gasteiger partial charge in [0, 0.05) is 0 Å². The minimum atomic E-state index is -0.0586. The first-order chi connectivity index (χ1) is 5.54. The Labute approximate surface area is 95.7 Å². The fourth-order valence-corrected chi connectivity index (χ4v) is 2.48. The summed E-state index contributed by atoms with van der Waals surface area (Å²) in [7, 11) is 0. The van der Waals surface area contributed by atoms with E-state index in [1.807, 2.05) is 0 Å². The van der Waals surface area contributed by atoms with E-state index < -0.39 is 0 Å². The Morgan fingerprint density at radius 3 is 1.58 bits per heavy atom. The zero-order valence-electron chi connectivity index (χ0n) is 7.15. The van der Waals surface area contributed by atoms with Gasteiger partial charge in [-0.15, -0.1) is 25.3 Å². The van der Waals surface area contributed by atoms with Gasteiger partial charge in [0.1, 0.15) is 0 Å². The Hall–Kier alpha value is 0.840. The Bertz CT molecular complexity index is 162. The van der Waals surface area contributed by atoms with E-state index in [1.165, 1.54) is 0 Å². The van der Waals surface area contributed by atoms with Crippen LogP contribution < -0.4 is 0 Å². The zero-order valence-corrected chi connectivity index (χ0v) is 10.6. The zero-order chi connectivity index (χ0) is 9.72. The molecule has 1 nitrogen and oxygen atoms in total. The van der Waals surface area contributed by atoms with Crippen molar-refractivity contribution in [3.8, 4) is 0 Å². The molecule has 70 valence electrons. The largest absolute Gasteiger partial charge is 0.291 e. The van der Waals surface area contributed by atoms with Gasteiger partial charge in [-0.05, 0) is 13.1 Å². The van der Waals surface area contributed by atoms with Crippen LogP contribution in [0.15, 0.2) is 0 Å². The van der Waals surface area contributed by atoms with E-state index in [4.69, 9.17) is 24.4 Å². The molecule has 0 aliphatic heterocycles. The third-order valence-electron chi connectivity index (χ3n) is 1.65. The lowest BCUT2D eigenvalue weighted by Gasteiger charge is -2.27. The Morgan fingerprint density at radius 1 is 1.17 bits per heavy atom. The van der Waals surface area contributed by atoms with Crippen molar-refractivity contribution in [1.29, 1.82) is 0 Å². The highest BCUT2D eigenvalue weighted by molar-refractivity contribution is 8.14. The van der Waals surface area contributed by atoms with E-state index in [1.54, 1.807) is 0 Å². The molecule has 0 aromatic heterocycles. The number of rotatable bonds is 5. The lowest BCUT2D eigenvalue weighted by Crippen LogP contribution is -2.42. The second kappa shape index (κ2) is 6.32. The van der Waals surface area contributed by atoms with Crippen LogP contribution in [0.4, 0.5) is 0 Å². The minimum absolute atomic E-state index is 0.0586. The van der Waals surface area contributed by atoms with Crippen molar-refractivity contribution < 1.29 is 0 Å². The molecule has 0 N–H and O–H groups in total. The van der Waals surface area contributed by atoms with Crippen LogP contribution in [-0.2, 0) is 0 Å². The van der Waals surface area contributed by atoms with Crippen LogP contribution in [0.2, 0.25) is 0 Å². The van der Waals surface area contributed by atoms with Gasteiger partial charge < -0.3 is 0 Å². The van der Waals surface area contributed by atoms with Gasteiger partial charge in [0.25, 0.3) is 0 Å². The van der Waals surface area contributed by atoms with E-state index in [2.05, 4.69) is 44.0 Å². The van der Waals surface area contributed by atoms with Gasteiger partial charge in [-0.1, -0.05) is 38.3 Å². The SMILES string of the molecule is CCN(CC)C(C(=S)S)C(=S)S. The van der Waals surface area contributed by atoms with Crippen molar-refractivity contribution in [1.82, 2.24) is 4.90 Å². The van der Waals surface area contributed by atoms with E-state index in [9.17, 15) is 0 Å². The fourth-order valence-electron chi connectivity index (χ4n) is 1.01. The second-order valence-corrected chi connectivity index (χ2v) is 4.75. The molecule has 0 aromatic rings. The Morgan fingerprint density at radius 2 is 1.50 bits per heavy atom. The highest BCUT2D eigenvalue weighted by Gasteiger charge is 2.20. The first kappa shape index (κ1) is 12.8. The van der Waals surface area contributed by atoms with Crippen LogP contribution in [0.25, 0.3) is 0 Å². The minimum Gasteiger partial charge on any atom is -0.291 e. The van der Waals surface area contributed by atoms with Crippen molar-refractivity contribution in [2.24, 2.45) is 0 Å². The molecule has 0 heterocycles. The molecular formula is C7H13NS4. The molecule has 12 heavy (non-hydrogen) atoms. The molecule has 0 aliphatic carbocycles. The molecular weight excluding hydrogens is 226 g/mol. The van der Waals surface area contributed by atoms with E-state index in [-0.39, 0.29) is 6.04 Å². The topological polar surface area (TPSA) is 3.24 Å². The van der Waals surface area contributed by atoms with Crippen LogP contribution in [0.5, 0.6) is 0 Å². The van der Waals surface area contributed by atoms with Crippen LogP contribution in [0.1, 0.15) is 13.8 Å². The molecule has 0 atom stereocenters. The summed E-state index contributed by atoms with van der Waals surface area (Å²) in [6.45, 7) is 5.94. The van der Waals surface area contributed by atoms with Gasteiger partial charge in [0.2, 0.25) is 0 Å². The average Bonchev–Trinajstić information content (AvgIpc) is 1.98. The van der Waals surface area contributed by atoms with Crippen molar-refractivity contribution in [3.63, 3.8) is 0 Å². The lowest BCUT2D eigenvalue weighted by atomic mass is 10.3. The second-order valence-electron chi connectivity index (χ2n) is 2.30. The normalized spacial score (nSPS) is 10.8. The highest BCUT2D eigenvalue weighted by atomic mass is 32.1. The maximum Gasteiger partial charge on any atom is 0.0924 e. The smallest absolute Gasteiger partial charge is 0.0924 e. The molecule has 0 rings (SSSR count). The molecule has 0 bridgehead atoms. The molecule has 0 fully saturated rings. The monoisotopic (exact) mass is 239 g/mol. The van der Waals surface area contributed by atoms with Gasteiger partial charge in [0.05, 0.1) is 14.4 Å². The van der Waals surface area contributed by atoms with Crippen LogP contribution in [0, 0.1) is 0 Å². The van der Waals surface area contributed by atoms with Gasteiger partial charge in [0.15, 0.2) is 0 Å². The summed E-state index contributed by atoms with van der Waals surface area (Å²) in [6, 6.07) is -0.0586. The standard InChI is InChI=1S/C7H13NS4/c1-3-8(4-2)5(6(9)10)7(11)12/h5H,3-4H2,1-2H3,(H,9,10)(H,11,12). The number of hydrogen-bond acceptors (Lipinski definition) is 3. The summed E-state index contributed by atoms with van der Waals surface area (Å²) >= 11 is 18.2. The molecule has 0 spiro atoms. The fraction of sp³-hybridized carbons (Fsp3) is 0.714. The molecule has 0 radical (unpaired) electrons. The predicted octanol–water partition coefficient (Wildman–Crippen LogP) is 2.21. The van der Waals surface area contributed by atoms with E-state index in [0.29, 0.717) is 8.39 Å². The summed E-state index contributed by atoms with van der Waals surface area (Å²) in [5.41, 5.74) is 0. The maximum absolute atomic E-state index is 4.99. The summed E-state index contributed by atoms with van der Waals surface area (Å²) < 4.78 is 1.19. The first-order valence-corrected chi connectivity index (χ1v) is 5.45. The molecule has 0 unspecified atom stereocenters. The van der Waals surface area contributed by atoms with Crippen LogP contribution in [-0.4, -0.2) is 32.4 Å². The van der Waals surface area contributed by atoms with Gasteiger partial charge in [-0.3, -0.25) is 4.90 Å². The first-order valence-electron chi connectivity index (χ1n) is 3.74. The number of nitrogens with zero attached hydrogens (tertiary/aromatic N) is 1. The molecule has 0 saturated carbocycles. The molecule has 0 amide bonds. The van der Waals surface area contributed by atoms with Gasteiger partial charge in [-0.2, -0.15) is 0 Å². The van der Waals surface area contributed by atoms with Crippen molar-refractivity contribution >= 4 is 58.1 Å². The maximum atomic E-state index is 4.99. The number of thiol groups is 2. The summed E-state index contributed by atoms with van der Waals surface area (Å²) in [5.74, 6) is 0. The van der Waals surface area contributed by atoms with Gasteiger partial charge >= 0.3 is 0 Å². The summed E-state index contributed by atoms with van der Waals surface area (Å²) in [5, 5.41) is 0. The van der Waals surface area contributed by atoms with Crippen molar-refractivity contribution in [2.75, 3.05) is 13.1 Å². The lowest BCUT2D eigenvalue weighted by molar-refractivity contribution is 0.320.